The van der Waals surface area contributed by atoms with Gasteiger partial charge in [0, 0.05) is 30.8 Å². The lowest BCUT2D eigenvalue weighted by molar-refractivity contribution is -0.0238. The van der Waals surface area contributed by atoms with Gasteiger partial charge in [-0.3, -0.25) is 0 Å². The van der Waals surface area contributed by atoms with Gasteiger partial charge in [0.25, 0.3) is 5.78 Å². The first-order valence-corrected chi connectivity index (χ1v) is 8.95. The van der Waals surface area contributed by atoms with Crippen molar-refractivity contribution in [2.24, 2.45) is 5.92 Å². The quantitative estimate of drug-likeness (QED) is 0.774. The largest absolute Gasteiger partial charge is 0.373 e. The molecule has 0 bridgehead atoms. The standard InChI is InChI=1S/C19H23N5O/c1-2-16-11-17(24-19(23-16)21-13-22-24)20-12-15-9-6-10-25-18(15)14-7-4-3-5-8-14/h3-5,7-8,11,13,15,18,20H,2,6,9-10,12H2,1H3. The van der Waals surface area contributed by atoms with Gasteiger partial charge in [0.2, 0.25) is 0 Å². The molecule has 6 heteroatoms. The van der Waals surface area contributed by atoms with Crippen molar-refractivity contribution in [1.29, 1.82) is 0 Å². The summed E-state index contributed by atoms with van der Waals surface area (Å²) in [5, 5.41) is 7.84. The number of fused-ring (bicyclic) bond motifs is 1. The van der Waals surface area contributed by atoms with E-state index in [0.29, 0.717) is 11.7 Å². The van der Waals surface area contributed by atoms with Crippen LogP contribution in [0.25, 0.3) is 5.78 Å². The molecule has 1 saturated heterocycles. The Morgan fingerprint density at radius 3 is 3.00 bits per heavy atom. The topological polar surface area (TPSA) is 64.3 Å². The Bertz CT molecular complexity index is 832. The third kappa shape index (κ3) is 3.35. The van der Waals surface area contributed by atoms with Gasteiger partial charge >= 0.3 is 0 Å². The lowest BCUT2D eigenvalue weighted by atomic mass is 9.89. The van der Waals surface area contributed by atoms with E-state index in [1.807, 2.05) is 6.07 Å². The highest BCUT2D eigenvalue weighted by atomic mass is 16.5. The number of rotatable bonds is 5. The van der Waals surface area contributed by atoms with E-state index in [4.69, 9.17) is 4.74 Å². The van der Waals surface area contributed by atoms with E-state index in [1.54, 1.807) is 10.8 Å². The molecule has 1 N–H and O–H groups in total. The Hall–Kier alpha value is -2.47. The first kappa shape index (κ1) is 16.0. The SMILES string of the molecule is CCc1cc(NCC2CCCOC2c2ccccc2)n2ncnc2n1. The van der Waals surface area contributed by atoms with Gasteiger partial charge in [-0.2, -0.15) is 14.6 Å². The molecule has 1 fully saturated rings. The Balaban J connectivity index is 1.54. The summed E-state index contributed by atoms with van der Waals surface area (Å²) in [7, 11) is 0. The molecule has 1 aliphatic heterocycles. The van der Waals surface area contributed by atoms with E-state index in [9.17, 15) is 0 Å². The summed E-state index contributed by atoms with van der Waals surface area (Å²) in [6, 6.07) is 12.6. The molecule has 2 aromatic heterocycles. The molecule has 1 aromatic carbocycles. The number of hydrogen-bond donors (Lipinski definition) is 1. The van der Waals surface area contributed by atoms with Crippen LogP contribution in [-0.4, -0.2) is 32.7 Å². The maximum absolute atomic E-state index is 6.10. The molecule has 1 aliphatic rings. The second-order valence-electron chi connectivity index (χ2n) is 6.44. The van der Waals surface area contributed by atoms with Crippen LogP contribution in [0.15, 0.2) is 42.7 Å². The van der Waals surface area contributed by atoms with Gasteiger partial charge in [-0.15, -0.1) is 0 Å². The van der Waals surface area contributed by atoms with Crippen LogP contribution in [0.1, 0.15) is 37.1 Å². The maximum Gasteiger partial charge on any atom is 0.254 e. The summed E-state index contributed by atoms with van der Waals surface area (Å²) in [5.41, 5.74) is 2.27. The van der Waals surface area contributed by atoms with Crippen molar-refractivity contribution in [3.63, 3.8) is 0 Å². The number of nitrogens with one attached hydrogen (secondary N) is 1. The normalized spacial score (nSPS) is 20.7. The van der Waals surface area contributed by atoms with E-state index in [0.717, 1.165) is 43.9 Å². The van der Waals surface area contributed by atoms with Crippen LogP contribution in [0, 0.1) is 5.92 Å². The zero-order valence-corrected chi connectivity index (χ0v) is 14.4. The first-order valence-electron chi connectivity index (χ1n) is 8.95. The molecule has 0 amide bonds. The molecule has 3 aromatic rings. The Kier molecular flexibility index (Phi) is 4.61. The Morgan fingerprint density at radius 2 is 2.16 bits per heavy atom. The van der Waals surface area contributed by atoms with Crippen molar-refractivity contribution in [2.75, 3.05) is 18.5 Å². The van der Waals surface area contributed by atoms with Crippen molar-refractivity contribution in [1.82, 2.24) is 19.6 Å². The lowest BCUT2D eigenvalue weighted by Crippen LogP contribution is -2.28. The van der Waals surface area contributed by atoms with E-state index in [2.05, 4.69) is 57.6 Å². The maximum atomic E-state index is 6.10. The molecule has 6 nitrogen and oxygen atoms in total. The molecule has 0 aliphatic carbocycles. The van der Waals surface area contributed by atoms with Crippen molar-refractivity contribution in [3.8, 4) is 0 Å². The molecule has 2 unspecified atom stereocenters. The summed E-state index contributed by atoms with van der Waals surface area (Å²) < 4.78 is 7.86. The molecule has 0 radical (unpaired) electrons. The minimum absolute atomic E-state index is 0.140. The van der Waals surface area contributed by atoms with Gasteiger partial charge in [0.1, 0.15) is 12.1 Å². The minimum Gasteiger partial charge on any atom is -0.373 e. The monoisotopic (exact) mass is 337 g/mol. The number of anilines is 1. The first-order chi connectivity index (χ1) is 12.3. The van der Waals surface area contributed by atoms with E-state index in [-0.39, 0.29) is 6.10 Å². The fourth-order valence-corrected chi connectivity index (χ4v) is 3.47. The highest BCUT2D eigenvalue weighted by molar-refractivity contribution is 5.45. The molecule has 4 rings (SSSR count). The fraction of sp³-hybridized carbons (Fsp3) is 0.421. The average Bonchev–Trinajstić information content (AvgIpc) is 3.15. The Labute approximate surface area is 147 Å². The second-order valence-corrected chi connectivity index (χ2v) is 6.44. The number of aromatic nitrogens is 4. The van der Waals surface area contributed by atoms with Crippen LogP contribution in [0.3, 0.4) is 0 Å². The number of hydrogen-bond acceptors (Lipinski definition) is 5. The predicted octanol–water partition coefficient (Wildman–Crippen LogP) is 3.27. The highest BCUT2D eigenvalue weighted by Crippen LogP contribution is 2.33. The third-order valence-corrected chi connectivity index (χ3v) is 4.79. The average molecular weight is 337 g/mol. The van der Waals surface area contributed by atoms with Crippen LogP contribution in [0.2, 0.25) is 0 Å². The molecule has 3 heterocycles. The van der Waals surface area contributed by atoms with Crippen molar-refractivity contribution < 1.29 is 4.74 Å². The summed E-state index contributed by atoms with van der Waals surface area (Å²) in [6.07, 6.45) is 4.81. The molecule has 25 heavy (non-hydrogen) atoms. The Morgan fingerprint density at radius 1 is 1.28 bits per heavy atom. The predicted molar refractivity (Wildman–Crippen MR) is 96.5 cm³/mol. The summed E-state index contributed by atoms with van der Waals surface area (Å²) >= 11 is 0. The van der Waals surface area contributed by atoms with Crippen molar-refractivity contribution in [2.45, 2.75) is 32.3 Å². The second kappa shape index (κ2) is 7.19. The zero-order chi connectivity index (χ0) is 17.1. The molecule has 2 atom stereocenters. The van der Waals surface area contributed by atoms with Gasteiger partial charge in [-0.1, -0.05) is 37.3 Å². The lowest BCUT2D eigenvalue weighted by Gasteiger charge is -2.32. The number of aryl methyl sites for hydroxylation is 1. The van der Waals surface area contributed by atoms with E-state index in [1.165, 1.54) is 5.56 Å². The smallest absolute Gasteiger partial charge is 0.254 e. The third-order valence-electron chi connectivity index (χ3n) is 4.79. The number of benzene rings is 1. The molecule has 0 saturated carbocycles. The van der Waals surface area contributed by atoms with Gasteiger partial charge < -0.3 is 10.1 Å². The fourth-order valence-electron chi connectivity index (χ4n) is 3.47. The van der Waals surface area contributed by atoms with Crippen LogP contribution >= 0.6 is 0 Å². The van der Waals surface area contributed by atoms with Crippen LogP contribution in [0.4, 0.5) is 5.82 Å². The van der Waals surface area contributed by atoms with Gasteiger partial charge in [-0.25, -0.2) is 4.98 Å². The van der Waals surface area contributed by atoms with E-state index >= 15 is 0 Å². The zero-order valence-electron chi connectivity index (χ0n) is 14.4. The highest BCUT2D eigenvalue weighted by Gasteiger charge is 2.27. The molecular formula is C19H23N5O. The van der Waals surface area contributed by atoms with Crippen molar-refractivity contribution in [3.05, 3.63) is 54.0 Å². The van der Waals surface area contributed by atoms with Crippen LogP contribution < -0.4 is 5.32 Å². The van der Waals surface area contributed by atoms with Crippen LogP contribution in [-0.2, 0) is 11.2 Å². The minimum atomic E-state index is 0.140. The molecule has 0 spiro atoms. The molecular weight excluding hydrogens is 314 g/mol. The van der Waals surface area contributed by atoms with E-state index < -0.39 is 0 Å². The van der Waals surface area contributed by atoms with Gasteiger partial charge in [-0.05, 0) is 24.8 Å². The number of ether oxygens (including phenoxy) is 1. The number of nitrogens with zero attached hydrogens (tertiary/aromatic N) is 4. The van der Waals surface area contributed by atoms with Gasteiger partial charge in [0.15, 0.2) is 0 Å². The van der Waals surface area contributed by atoms with Crippen LogP contribution in [0.5, 0.6) is 0 Å². The summed E-state index contributed by atoms with van der Waals surface area (Å²) in [4.78, 5) is 8.72. The van der Waals surface area contributed by atoms with Crippen molar-refractivity contribution >= 4 is 11.6 Å². The summed E-state index contributed by atoms with van der Waals surface area (Å²) in [6.45, 7) is 3.76. The summed E-state index contributed by atoms with van der Waals surface area (Å²) in [5.74, 6) is 2.01. The van der Waals surface area contributed by atoms with Gasteiger partial charge in [0.05, 0.1) is 6.10 Å². The molecule has 130 valence electrons.